The highest BCUT2D eigenvalue weighted by atomic mass is 16.5. The number of aromatic nitrogens is 1. The topological polar surface area (TPSA) is 87.5 Å². The van der Waals surface area contributed by atoms with Gasteiger partial charge in [-0.15, -0.1) is 0 Å². The Labute approximate surface area is 114 Å². The third-order valence-electron chi connectivity index (χ3n) is 3.59. The van der Waals surface area contributed by atoms with Crippen molar-refractivity contribution in [3.63, 3.8) is 0 Å². The van der Waals surface area contributed by atoms with Gasteiger partial charge >= 0.3 is 0 Å². The molecule has 0 bridgehead atoms. The van der Waals surface area contributed by atoms with E-state index in [1.54, 1.807) is 6.07 Å². The van der Waals surface area contributed by atoms with Crippen LogP contribution >= 0.6 is 0 Å². The molecule has 0 fully saturated rings. The van der Waals surface area contributed by atoms with Crippen LogP contribution in [0.5, 0.6) is 0 Å². The van der Waals surface area contributed by atoms with Gasteiger partial charge in [0, 0.05) is 17.8 Å². The Hall–Kier alpha value is -2.34. The van der Waals surface area contributed by atoms with Crippen LogP contribution in [0.15, 0.2) is 27.8 Å². The molecular weight excluding hydrogens is 260 g/mol. The lowest BCUT2D eigenvalue weighted by molar-refractivity contribution is 0.0798. The predicted molar refractivity (Wildman–Crippen MR) is 71.3 cm³/mol. The van der Waals surface area contributed by atoms with E-state index >= 15 is 0 Å². The number of hydrogen-bond donors (Lipinski definition) is 1. The van der Waals surface area contributed by atoms with Crippen LogP contribution in [0.4, 0.5) is 0 Å². The summed E-state index contributed by atoms with van der Waals surface area (Å²) in [7, 11) is 0. The summed E-state index contributed by atoms with van der Waals surface area (Å²) < 4.78 is 12.3. The van der Waals surface area contributed by atoms with Gasteiger partial charge in [-0.3, -0.25) is 9.59 Å². The smallest absolute Gasteiger partial charge is 0.254 e. The highest BCUT2D eigenvalue weighted by molar-refractivity contribution is 5.95. The maximum Gasteiger partial charge on any atom is 0.254 e. The van der Waals surface area contributed by atoms with Crippen LogP contribution < -0.4 is 11.2 Å². The molecule has 3 heterocycles. The van der Waals surface area contributed by atoms with Gasteiger partial charge in [0.25, 0.3) is 5.91 Å². The predicted octanol–water partition coefficient (Wildman–Crippen LogP) is 1.05. The van der Waals surface area contributed by atoms with Crippen molar-refractivity contribution in [1.82, 2.24) is 4.57 Å². The molecule has 2 aromatic rings. The van der Waals surface area contributed by atoms with E-state index in [1.165, 1.54) is 12.5 Å². The molecular formula is C14H14N2O4. The lowest BCUT2D eigenvalue weighted by Crippen LogP contribution is -2.33. The molecule has 2 aromatic heterocycles. The first kappa shape index (κ1) is 12.7. The van der Waals surface area contributed by atoms with E-state index in [-0.39, 0.29) is 17.6 Å². The first-order chi connectivity index (χ1) is 9.61. The number of furan rings is 1. The molecule has 3 rings (SSSR count). The van der Waals surface area contributed by atoms with Crippen molar-refractivity contribution >= 4 is 5.91 Å². The molecule has 6 heteroatoms. The van der Waals surface area contributed by atoms with Gasteiger partial charge in [-0.1, -0.05) is 0 Å². The fourth-order valence-corrected chi connectivity index (χ4v) is 2.67. The lowest BCUT2D eigenvalue weighted by Gasteiger charge is -2.25. The molecule has 6 nitrogen and oxygen atoms in total. The molecule has 1 aliphatic rings. The summed E-state index contributed by atoms with van der Waals surface area (Å²) in [5, 5.41) is 0. The average molecular weight is 274 g/mol. The summed E-state index contributed by atoms with van der Waals surface area (Å²) in [6, 6.07) is 1.70. The summed E-state index contributed by atoms with van der Waals surface area (Å²) in [6.45, 7) is 3.20. The summed E-state index contributed by atoms with van der Waals surface area (Å²) >= 11 is 0. The molecule has 0 unspecified atom stereocenters. The standard InChI is InChI=1S/C14H14N2O4/c1-8-11(9-2-4-19-6-9)13(17)12(14(15)18)10-7-20-5-3-16(8)10/h2,4,6H,3,5,7H2,1H3,(H2,15,18). The van der Waals surface area contributed by atoms with Crippen LogP contribution in [0.3, 0.4) is 0 Å². The Morgan fingerprint density at radius 1 is 1.45 bits per heavy atom. The second kappa shape index (κ2) is 4.64. The van der Waals surface area contributed by atoms with Gasteiger partial charge in [-0.25, -0.2) is 0 Å². The highest BCUT2D eigenvalue weighted by Crippen LogP contribution is 2.25. The summed E-state index contributed by atoms with van der Waals surface area (Å²) in [5.41, 5.74) is 7.47. The van der Waals surface area contributed by atoms with E-state index in [9.17, 15) is 9.59 Å². The zero-order valence-corrected chi connectivity index (χ0v) is 11.0. The van der Waals surface area contributed by atoms with E-state index in [0.717, 1.165) is 5.69 Å². The second-order valence-corrected chi connectivity index (χ2v) is 4.69. The molecule has 104 valence electrons. The van der Waals surface area contributed by atoms with Crippen molar-refractivity contribution in [1.29, 1.82) is 0 Å². The fourth-order valence-electron chi connectivity index (χ4n) is 2.67. The maximum atomic E-state index is 12.6. The Morgan fingerprint density at radius 3 is 2.90 bits per heavy atom. The molecule has 1 amide bonds. The van der Waals surface area contributed by atoms with Gasteiger partial charge in [0.05, 0.1) is 37.0 Å². The molecule has 0 aliphatic carbocycles. The van der Waals surface area contributed by atoms with Crippen molar-refractivity contribution in [3.05, 3.63) is 45.8 Å². The zero-order chi connectivity index (χ0) is 14.3. The molecule has 2 N–H and O–H groups in total. The number of hydrogen-bond acceptors (Lipinski definition) is 4. The van der Waals surface area contributed by atoms with E-state index in [1.807, 2.05) is 11.5 Å². The summed E-state index contributed by atoms with van der Waals surface area (Å²) in [5.74, 6) is -0.728. The molecule has 1 aliphatic heterocycles. The molecule has 0 saturated carbocycles. The Kier molecular flexibility index (Phi) is 2.94. The first-order valence-electron chi connectivity index (χ1n) is 6.27. The number of primary amides is 1. The lowest BCUT2D eigenvalue weighted by atomic mass is 10.0. The van der Waals surface area contributed by atoms with Gasteiger partial charge in [0.2, 0.25) is 5.43 Å². The highest BCUT2D eigenvalue weighted by Gasteiger charge is 2.25. The van der Waals surface area contributed by atoms with Crippen LogP contribution in [0, 0.1) is 6.92 Å². The second-order valence-electron chi connectivity index (χ2n) is 4.69. The van der Waals surface area contributed by atoms with Crippen molar-refractivity contribution in [3.8, 4) is 11.1 Å². The number of nitrogens with zero attached hydrogens (tertiary/aromatic N) is 1. The minimum Gasteiger partial charge on any atom is -0.472 e. The molecule has 0 spiro atoms. The summed E-state index contributed by atoms with van der Waals surface area (Å²) in [4.78, 5) is 24.2. The van der Waals surface area contributed by atoms with Crippen molar-refractivity contribution in [2.75, 3.05) is 6.61 Å². The van der Waals surface area contributed by atoms with Crippen molar-refractivity contribution in [2.45, 2.75) is 20.1 Å². The number of amides is 1. The zero-order valence-electron chi connectivity index (χ0n) is 11.0. The molecule has 0 atom stereocenters. The maximum absolute atomic E-state index is 12.6. The summed E-state index contributed by atoms with van der Waals surface area (Å²) in [6.07, 6.45) is 2.98. The SMILES string of the molecule is Cc1c(-c2ccoc2)c(=O)c(C(N)=O)c2n1CCOC2. The van der Waals surface area contributed by atoms with Crippen LogP contribution in [0.1, 0.15) is 21.7 Å². The Bertz CT molecular complexity index is 729. The van der Waals surface area contributed by atoms with E-state index in [0.29, 0.717) is 30.0 Å². The number of carbonyl (C=O) groups is 1. The quantitative estimate of drug-likeness (QED) is 0.886. The van der Waals surface area contributed by atoms with Crippen molar-refractivity contribution in [2.24, 2.45) is 5.73 Å². The van der Waals surface area contributed by atoms with Gasteiger partial charge in [0.1, 0.15) is 5.56 Å². The van der Waals surface area contributed by atoms with E-state index < -0.39 is 5.91 Å². The number of ether oxygens (including phenoxy) is 1. The van der Waals surface area contributed by atoms with Crippen LogP contribution in [-0.2, 0) is 17.9 Å². The van der Waals surface area contributed by atoms with Crippen molar-refractivity contribution < 1.29 is 13.9 Å². The largest absolute Gasteiger partial charge is 0.472 e. The number of rotatable bonds is 2. The average Bonchev–Trinajstić information content (AvgIpc) is 2.92. The third-order valence-corrected chi connectivity index (χ3v) is 3.59. The normalized spacial score (nSPS) is 14.1. The molecule has 0 saturated heterocycles. The van der Waals surface area contributed by atoms with Gasteiger partial charge in [-0.2, -0.15) is 0 Å². The third kappa shape index (κ3) is 1.77. The molecule has 20 heavy (non-hydrogen) atoms. The number of fused-ring (bicyclic) bond motifs is 1. The fraction of sp³-hybridized carbons (Fsp3) is 0.286. The first-order valence-corrected chi connectivity index (χ1v) is 6.27. The molecule has 0 radical (unpaired) electrons. The number of pyridine rings is 1. The Morgan fingerprint density at radius 2 is 2.25 bits per heavy atom. The van der Waals surface area contributed by atoms with Gasteiger partial charge in [-0.05, 0) is 13.0 Å². The Balaban J connectivity index is 2.40. The van der Waals surface area contributed by atoms with Crippen LogP contribution in [0.25, 0.3) is 11.1 Å². The van der Waals surface area contributed by atoms with Crippen LogP contribution in [-0.4, -0.2) is 17.1 Å². The number of nitrogens with two attached hydrogens (primary N) is 1. The minimum atomic E-state index is -0.728. The van der Waals surface area contributed by atoms with E-state index in [4.69, 9.17) is 14.9 Å². The minimum absolute atomic E-state index is 0.00602. The number of carbonyl (C=O) groups excluding carboxylic acids is 1. The monoisotopic (exact) mass is 274 g/mol. The van der Waals surface area contributed by atoms with E-state index in [2.05, 4.69) is 0 Å². The van der Waals surface area contributed by atoms with Gasteiger partial charge in [0.15, 0.2) is 0 Å². The van der Waals surface area contributed by atoms with Gasteiger partial charge < -0.3 is 19.5 Å². The molecule has 0 aromatic carbocycles. The van der Waals surface area contributed by atoms with Crippen LogP contribution in [0.2, 0.25) is 0 Å².